The Morgan fingerprint density at radius 1 is 1.47 bits per heavy atom. The smallest absolute Gasteiger partial charge is 0.127 e. The first-order valence-electron chi connectivity index (χ1n) is 6.92. The molecular formula is C15H23FN2O. The predicted molar refractivity (Wildman–Crippen MR) is 74.7 cm³/mol. The van der Waals surface area contributed by atoms with E-state index in [1.165, 1.54) is 6.07 Å². The van der Waals surface area contributed by atoms with Gasteiger partial charge in [0.25, 0.3) is 0 Å². The van der Waals surface area contributed by atoms with E-state index in [1.807, 2.05) is 19.2 Å². The normalized spacial score (nSPS) is 20.9. The fourth-order valence-electron chi connectivity index (χ4n) is 2.60. The van der Waals surface area contributed by atoms with Crippen LogP contribution >= 0.6 is 0 Å². The summed E-state index contributed by atoms with van der Waals surface area (Å²) >= 11 is 0. The van der Waals surface area contributed by atoms with Gasteiger partial charge in [-0.1, -0.05) is 18.2 Å². The maximum absolute atomic E-state index is 13.8. The van der Waals surface area contributed by atoms with Gasteiger partial charge in [0.05, 0.1) is 6.61 Å². The lowest BCUT2D eigenvalue weighted by molar-refractivity contribution is 0.156. The molecule has 19 heavy (non-hydrogen) atoms. The second kappa shape index (κ2) is 6.98. The molecule has 0 bridgehead atoms. The van der Waals surface area contributed by atoms with Crippen LogP contribution in [0.1, 0.15) is 24.4 Å². The van der Waals surface area contributed by atoms with Crippen LogP contribution in [0.25, 0.3) is 0 Å². The van der Waals surface area contributed by atoms with Crippen molar-refractivity contribution in [2.75, 3.05) is 33.9 Å². The number of likely N-dealkylation sites (N-methyl/N-ethyl adjacent to an activating group) is 1. The van der Waals surface area contributed by atoms with Crippen LogP contribution in [0.2, 0.25) is 0 Å². The van der Waals surface area contributed by atoms with E-state index >= 15 is 0 Å². The maximum atomic E-state index is 13.8. The molecule has 0 amide bonds. The fraction of sp³-hybridized carbons (Fsp3) is 0.600. The zero-order valence-electron chi connectivity index (χ0n) is 11.7. The van der Waals surface area contributed by atoms with E-state index in [2.05, 4.69) is 17.3 Å². The SMILES string of the molecule is CNC(CCN(C)C1CCOC1)c1ccccc1F. The van der Waals surface area contributed by atoms with Gasteiger partial charge in [-0.05, 0) is 33.0 Å². The van der Waals surface area contributed by atoms with Gasteiger partial charge in [-0.15, -0.1) is 0 Å². The first kappa shape index (κ1) is 14.4. The number of ether oxygens (including phenoxy) is 1. The number of hydrogen-bond donors (Lipinski definition) is 1. The zero-order chi connectivity index (χ0) is 13.7. The van der Waals surface area contributed by atoms with Crippen LogP contribution in [-0.2, 0) is 4.74 Å². The number of halogens is 1. The van der Waals surface area contributed by atoms with Crippen molar-refractivity contribution >= 4 is 0 Å². The number of hydrogen-bond acceptors (Lipinski definition) is 3. The summed E-state index contributed by atoms with van der Waals surface area (Å²) in [5.41, 5.74) is 0.751. The maximum Gasteiger partial charge on any atom is 0.127 e. The molecule has 1 fully saturated rings. The van der Waals surface area contributed by atoms with Crippen LogP contribution in [0.4, 0.5) is 4.39 Å². The number of nitrogens with zero attached hydrogens (tertiary/aromatic N) is 1. The average molecular weight is 266 g/mol. The molecule has 2 unspecified atom stereocenters. The van der Waals surface area contributed by atoms with E-state index in [4.69, 9.17) is 4.74 Å². The minimum Gasteiger partial charge on any atom is -0.380 e. The lowest BCUT2D eigenvalue weighted by Crippen LogP contribution is -2.34. The highest BCUT2D eigenvalue weighted by molar-refractivity contribution is 5.21. The molecule has 1 aromatic carbocycles. The Labute approximate surface area is 114 Å². The third-order valence-corrected chi connectivity index (χ3v) is 3.93. The molecule has 1 aliphatic heterocycles. The number of benzene rings is 1. The molecule has 2 rings (SSSR count). The van der Waals surface area contributed by atoms with E-state index in [0.717, 1.165) is 38.2 Å². The van der Waals surface area contributed by atoms with Crippen molar-refractivity contribution in [3.05, 3.63) is 35.6 Å². The van der Waals surface area contributed by atoms with Crippen molar-refractivity contribution < 1.29 is 9.13 Å². The molecule has 4 heteroatoms. The highest BCUT2D eigenvalue weighted by Crippen LogP contribution is 2.21. The highest BCUT2D eigenvalue weighted by atomic mass is 19.1. The van der Waals surface area contributed by atoms with E-state index in [9.17, 15) is 4.39 Å². The van der Waals surface area contributed by atoms with Crippen LogP contribution in [0, 0.1) is 5.82 Å². The van der Waals surface area contributed by atoms with Crippen molar-refractivity contribution in [1.29, 1.82) is 0 Å². The van der Waals surface area contributed by atoms with E-state index in [0.29, 0.717) is 6.04 Å². The summed E-state index contributed by atoms with van der Waals surface area (Å²) in [6.07, 6.45) is 1.99. The molecule has 1 aliphatic rings. The molecule has 2 atom stereocenters. The Balaban J connectivity index is 1.90. The Hall–Kier alpha value is -0.970. The molecule has 0 aliphatic carbocycles. The van der Waals surface area contributed by atoms with Crippen LogP contribution < -0.4 is 5.32 Å². The zero-order valence-corrected chi connectivity index (χ0v) is 11.7. The minimum absolute atomic E-state index is 0.0611. The molecule has 0 saturated carbocycles. The van der Waals surface area contributed by atoms with E-state index in [1.54, 1.807) is 6.07 Å². The average Bonchev–Trinajstić information content (AvgIpc) is 2.95. The Bertz CT molecular complexity index is 393. The van der Waals surface area contributed by atoms with Gasteiger partial charge >= 0.3 is 0 Å². The molecule has 0 radical (unpaired) electrons. The standard InChI is InChI=1S/C15H23FN2O/c1-17-15(13-5-3-4-6-14(13)16)7-9-18(2)12-8-10-19-11-12/h3-6,12,15,17H,7-11H2,1-2H3. The molecule has 1 N–H and O–H groups in total. The van der Waals surface area contributed by atoms with Crippen LogP contribution in [0.15, 0.2) is 24.3 Å². The van der Waals surface area contributed by atoms with Crippen molar-refractivity contribution in [3.8, 4) is 0 Å². The second-order valence-electron chi connectivity index (χ2n) is 5.15. The molecule has 1 aromatic rings. The number of nitrogens with one attached hydrogen (secondary N) is 1. The van der Waals surface area contributed by atoms with Gasteiger partial charge in [-0.2, -0.15) is 0 Å². The van der Waals surface area contributed by atoms with Crippen LogP contribution in [-0.4, -0.2) is 44.8 Å². The summed E-state index contributed by atoms with van der Waals surface area (Å²) in [5.74, 6) is -0.131. The molecular weight excluding hydrogens is 243 g/mol. The van der Waals surface area contributed by atoms with Crippen LogP contribution in [0.5, 0.6) is 0 Å². The van der Waals surface area contributed by atoms with E-state index in [-0.39, 0.29) is 11.9 Å². The van der Waals surface area contributed by atoms with Gasteiger partial charge in [0.2, 0.25) is 0 Å². The van der Waals surface area contributed by atoms with Crippen molar-refractivity contribution in [1.82, 2.24) is 10.2 Å². The van der Waals surface area contributed by atoms with Gasteiger partial charge in [0.1, 0.15) is 5.82 Å². The molecule has 0 aromatic heterocycles. The Morgan fingerprint density at radius 3 is 2.89 bits per heavy atom. The predicted octanol–water partition coefficient (Wildman–Crippen LogP) is 2.20. The third-order valence-electron chi connectivity index (χ3n) is 3.93. The summed E-state index contributed by atoms with van der Waals surface area (Å²) in [7, 11) is 4.00. The van der Waals surface area contributed by atoms with Crippen molar-refractivity contribution in [2.45, 2.75) is 24.9 Å². The van der Waals surface area contributed by atoms with E-state index < -0.39 is 0 Å². The topological polar surface area (TPSA) is 24.5 Å². The van der Waals surface area contributed by atoms with Gasteiger partial charge in [-0.25, -0.2) is 4.39 Å². The molecule has 0 spiro atoms. The fourth-order valence-corrected chi connectivity index (χ4v) is 2.60. The van der Waals surface area contributed by atoms with Crippen molar-refractivity contribution in [2.24, 2.45) is 0 Å². The van der Waals surface area contributed by atoms with Gasteiger partial charge < -0.3 is 15.0 Å². The largest absolute Gasteiger partial charge is 0.380 e. The lowest BCUT2D eigenvalue weighted by atomic mass is 10.0. The lowest BCUT2D eigenvalue weighted by Gasteiger charge is -2.25. The summed E-state index contributed by atoms with van der Waals surface area (Å²) in [5, 5.41) is 3.21. The highest BCUT2D eigenvalue weighted by Gasteiger charge is 2.21. The molecule has 106 valence electrons. The Morgan fingerprint density at radius 2 is 2.26 bits per heavy atom. The van der Waals surface area contributed by atoms with Gasteiger partial charge in [0.15, 0.2) is 0 Å². The summed E-state index contributed by atoms with van der Waals surface area (Å²) in [6, 6.07) is 7.57. The van der Waals surface area contributed by atoms with Gasteiger partial charge in [0, 0.05) is 30.8 Å². The summed E-state index contributed by atoms with van der Waals surface area (Å²) in [6.45, 7) is 2.62. The minimum atomic E-state index is -0.131. The Kier molecular flexibility index (Phi) is 5.31. The number of rotatable bonds is 6. The van der Waals surface area contributed by atoms with Crippen LogP contribution in [0.3, 0.4) is 0 Å². The van der Waals surface area contributed by atoms with Crippen molar-refractivity contribution in [3.63, 3.8) is 0 Å². The summed E-state index contributed by atoms with van der Waals surface area (Å²) < 4.78 is 19.2. The van der Waals surface area contributed by atoms with Gasteiger partial charge in [-0.3, -0.25) is 0 Å². The monoisotopic (exact) mass is 266 g/mol. The first-order valence-corrected chi connectivity index (χ1v) is 6.92. The molecule has 1 heterocycles. The third kappa shape index (κ3) is 3.75. The second-order valence-corrected chi connectivity index (χ2v) is 5.15. The first-order chi connectivity index (χ1) is 9.22. The summed E-state index contributed by atoms with van der Waals surface area (Å²) in [4.78, 5) is 2.32. The molecule has 1 saturated heterocycles. The molecule has 3 nitrogen and oxygen atoms in total. The quantitative estimate of drug-likeness (QED) is 0.854.